The van der Waals surface area contributed by atoms with Crippen molar-refractivity contribution in [2.45, 2.75) is 63.1 Å². The Morgan fingerprint density at radius 3 is 2.20 bits per heavy atom. The van der Waals surface area contributed by atoms with E-state index in [9.17, 15) is 18.0 Å². The molecule has 0 saturated heterocycles. The Hall–Kier alpha value is -3.14. The van der Waals surface area contributed by atoms with Gasteiger partial charge in [0.25, 0.3) is 10.0 Å². The number of carbonyl (C=O) groups excluding carboxylic acids is 2. The third-order valence-corrected chi connectivity index (χ3v) is 9.75. The van der Waals surface area contributed by atoms with Crippen molar-refractivity contribution in [3.05, 3.63) is 93.7 Å². The van der Waals surface area contributed by atoms with Gasteiger partial charge in [0.05, 0.1) is 10.6 Å². The lowest BCUT2D eigenvalue weighted by Crippen LogP contribution is -2.52. The van der Waals surface area contributed by atoms with E-state index in [2.05, 4.69) is 5.32 Å². The third-order valence-electron chi connectivity index (χ3n) is 7.27. The molecule has 1 atom stereocenters. The van der Waals surface area contributed by atoms with Gasteiger partial charge in [0.2, 0.25) is 11.8 Å². The number of hydrogen-bond donors (Lipinski definition) is 1. The van der Waals surface area contributed by atoms with Gasteiger partial charge in [-0.15, -0.1) is 0 Å². The lowest BCUT2D eigenvalue weighted by Gasteiger charge is -2.33. The fourth-order valence-electron chi connectivity index (χ4n) is 4.83. The molecule has 3 aromatic carbocycles. The fraction of sp³-hybridized carbons (Fsp3) is 0.333. The van der Waals surface area contributed by atoms with Crippen LogP contribution < -0.4 is 9.62 Å². The lowest BCUT2D eigenvalue weighted by molar-refractivity contribution is -0.139. The summed E-state index contributed by atoms with van der Waals surface area (Å²) in [4.78, 5) is 28.4. The number of nitrogens with zero attached hydrogens (tertiary/aromatic N) is 2. The minimum absolute atomic E-state index is 0.00244. The van der Waals surface area contributed by atoms with Crippen molar-refractivity contribution in [3.63, 3.8) is 0 Å². The summed E-state index contributed by atoms with van der Waals surface area (Å²) in [6.07, 6.45) is 3.70. The molecule has 11 heteroatoms. The molecule has 1 aliphatic rings. The minimum atomic E-state index is -4.38. The second kappa shape index (κ2) is 13.2. The molecule has 41 heavy (non-hydrogen) atoms. The maximum absolute atomic E-state index is 15.0. The van der Waals surface area contributed by atoms with Crippen LogP contribution in [-0.4, -0.2) is 43.8 Å². The van der Waals surface area contributed by atoms with Crippen LogP contribution in [0.4, 0.5) is 10.1 Å². The molecular weight excluding hydrogens is 588 g/mol. The van der Waals surface area contributed by atoms with Crippen LogP contribution in [0.15, 0.2) is 71.6 Å². The molecule has 2 amide bonds. The number of anilines is 1. The first-order valence-corrected chi connectivity index (χ1v) is 15.6. The highest BCUT2D eigenvalue weighted by molar-refractivity contribution is 7.92. The number of halogens is 3. The number of sulfonamides is 1. The Bertz CT molecular complexity index is 1490. The standard InChI is InChI=1S/C30H32Cl2FN3O4S/c1-20-14-16-23(17-15-20)41(39,40)36(28-13-6-5-12-27(28)33)19-29(37)35(18-24-25(31)10-7-11-26(24)32)21(2)30(38)34-22-8-3-4-9-22/h5-7,10-17,21-22H,3-4,8-9,18-19H2,1-2H3,(H,34,38)/t21-/m1/s1. The van der Waals surface area contributed by atoms with Crippen molar-refractivity contribution >= 4 is 50.7 Å². The van der Waals surface area contributed by atoms with E-state index >= 15 is 4.39 Å². The zero-order chi connectivity index (χ0) is 29.7. The van der Waals surface area contributed by atoms with Gasteiger partial charge in [0, 0.05) is 28.2 Å². The summed E-state index contributed by atoms with van der Waals surface area (Å²) >= 11 is 12.8. The number of hydrogen-bond acceptors (Lipinski definition) is 4. The maximum atomic E-state index is 15.0. The molecule has 0 unspecified atom stereocenters. The molecule has 0 aromatic heterocycles. The van der Waals surface area contributed by atoms with Crippen LogP contribution in [0.3, 0.4) is 0 Å². The number of rotatable bonds is 10. The molecule has 3 aromatic rings. The van der Waals surface area contributed by atoms with Gasteiger partial charge in [-0.05, 0) is 63.1 Å². The molecule has 1 saturated carbocycles. The van der Waals surface area contributed by atoms with E-state index < -0.39 is 34.3 Å². The van der Waals surface area contributed by atoms with Gasteiger partial charge in [-0.1, -0.05) is 71.9 Å². The minimum Gasteiger partial charge on any atom is -0.352 e. The summed E-state index contributed by atoms with van der Waals surface area (Å²) in [5.74, 6) is -1.93. The Balaban J connectivity index is 1.73. The van der Waals surface area contributed by atoms with E-state index in [-0.39, 0.29) is 39.1 Å². The summed E-state index contributed by atoms with van der Waals surface area (Å²) in [6, 6.07) is 15.3. The first-order chi connectivity index (χ1) is 19.5. The zero-order valence-electron chi connectivity index (χ0n) is 22.8. The van der Waals surface area contributed by atoms with Gasteiger partial charge < -0.3 is 10.2 Å². The first-order valence-electron chi connectivity index (χ1n) is 13.4. The molecule has 1 fully saturated rings. The fourth-order valence-corrected chi connectivity index (χ4v) is 6.77. The smallest absolute Gasteiger partial charge is 0.264 e. The number of para-hydroxylation sites is 1. The predicted octanol–water partition coefficient (Wildman–Crippen LogP) is 6.11. The number of carbonyl (C=O) groups is 2. The summed E-state index contributed by atoms with van der Waals surface area (Å²) in [5.41, 5.74) is 0.950. The van der Waals surface area contributed by atoms with Crippen molar-refractivity contribution in [3.8, 4) is 0 Å². The van der Waals surface area contributed by atoms with Crippen molar-refractivity contribution in [1.82, 2.24) is 10.2 Å². The van der Waals surface area contributed by atoms with Gasteiger partial charge in [-0.25, -0.2) is 12.8 Å². The molecule has 0 aliphatic heterocycles. The molecule has 4 rings (SSSR count). The molecule has 7 nitrogen and oxygen atoms in total. The van der Waals surface area contributed by atoms with Crippen LogP contribution >= 0.6 is 23.2 Å². The van der Waals surface area contributed by atoms with Crippen LogP contribution in [0.25, 0.3) is 0 Å². The molecular formula is C30H32Cl2FN3O4S. The number of benzene rings is 3. The predicted molar refractivity (Wildman–Crippen MR) is 159 cm³/mol. The van der Waals surface area contributed by atoms with Crippen LogP contribution in [0.2, 0.25) is 10.0 Å². The van der Waals surface area contributed by atoms with Crippen LogP contribution in [0.5, 0.6) is 0 Å². The van der Waals surface area contributed by atoms with Gasteiger partial charge in [0.1, 0.15) is 18.4 Å². The van der Waals surface area contributed by atoms with Crippen LogP contribution in [0.1, 0.15) is 43.7 Å². The van der Waals surface area contributed by atoms with Crippen molar-refractivity contribution < 1.29 is 22.4 Å². The molecule has 0 bridgehead atoms. The van der Waals surface area contributed by atoms with Crippen molar-refractivity contribution in [2.24, 2.45) is 0 Å². The molecule has 0 spiro atoms. The third kappa shape index (κ3) is 7.20. The largest absolute Gasteiger partial charge is 0.352 e. The average molecular weight is 621 g/mol. The van der Waals surface area contributed by atoms with E-state index in [1.165, 1.54) is 35.2 Å². The highest BCUT2D eigenvalue weighted by atomic mass is 35.5. The lowest BCUT2D eigenvalue weighted by atomic mass is 10.1. The monoisotopic (exact) mass is 619 g/mol. The highest BCUT2D eigenvalue weighted by Gasteiger charge is 2.34. The summed E-state index contributed by atoms with van der Waals surface area (Å²) < 4.78 is 43.4. The zero-order valence-corrected chi connectivity index (χ0v) is 25.1. The summed E-state index contributed by atoms with van der Waals surface area (Å²) in [5, 5.41) is 3.57. The van der Waals surface area contributed by atoms with Gasteiger partial charge in [0.15, 0.2) is 0 Å². The quantitative estimate of drug-likeness (QED) is 0.296. The Morgan fingerprint density at radius 1 is 0.976 bits per heavy atom. The van der Waals surface area contributed by atoms with E-state index in [1.54, 1.807) is 37.3 Å². The van der Waals surface area contributed by atoms with Gasteiger partial charge >= 0.3 is 0 Å². The normalized spacial score (nSPS) is 14.5. The van der Waals surface area contributed by atoms with Gasteiger partial charge in [-0.3, -0.25) is 13.9 Å². The number of nitrogens with one attached hydrogen (secondary N) is 1. The van der Waals surface area contributed by atoms with Crippen LogP contribution in [-0.2, 0) is 26.2 Å². The summed E-state index contributed by atoms with van der Waals surface area (Å²) in [6.45, 7) is 2.45. The molecule has 0 heterocycles. The number of amides is 2. The average Bonchev–Trinajstić information content (AvgIpc) is 3.45. The molecule has 0 radical (unpaired) electrons. The summed E-state index contributed by atoms with van der Waals surface area (Å²) in [7, 11) is -4.38. The maximum Gasteiger partial charge on any atom is 0.264 e. The van der Waals surface area contributed by atoms with E-state index in [0.29, 0.717) is 5.56 Å². The Morgan fingerprint density at radius 2 is 1.59 bits per heavy atom. The SMILES string of the molecule is Cc1ccc(S(=O)(=O)N(CC(=O)N(Cc2c(Cl)cccc2Cl)[C@H](C)C(=O)NC2CCCC2)c2ccccc2F)cc1. The van der Waals surface area contributed by atoms with Gasteiger partial charge in [-0.2, -0.15) is 0 Å². The number of aryl methyl sites for hydroxylation is 1. The topological polar surface area (TPSA) is 86.8 Å². The van der Waals surface area contributed by atoms with E-state index in [4.69, 9.17) is 23.2 Å². The first kappa shape index (κ1) is 30.8. The van der Waals surface area contributed by atoms with E-state index in [1.807, 2.05) is 6.92 Å². The molecule has 218 valence electrons. The van der Waals surface area contributed by atoms with Crippen molar-refractivity contribution in [2.75, 3.05) is 10.8 Å². The second-order valence-electron chi connectivity index (χ2n) is 10.2. The molecule has 1 N–H and O–H groups in total. The molecule has 1 aliphatic carbocycles. The van der Waals surface area contributed by atoms with Crippen LogP contribution in [0, 0.1) is 12.7 Å². The highest BCUT2D eigenvalue weighted by Crippen LogP contribution is 2.29. The van der Waals surface area contributed by atoms with Crippen molar-refractivity contribution in [1.29, 1.82) is 0 Å². The Kier molecular flexibility index (Phi) is 9.94. The second-order valence-corrected chi connectivity index (χ2v) is 12.8. The Labute approximate surface area is 250 Å². The van der Waals surface area contributed by atoms with E-state index in [0.717, 1.165) is 41.6 Å².